The van der Waals surface area contributed by atoms with E-state index in [0.29, 0.717) is 23.5 Å². The van der Waals surface area contributed by atoms with Gasteiger partial charge in [0.25, 0.3) is 0 Å². The van der Waals surface area contributed by atoms with Crippen LogP contribution in [0.2, 0.25) is 78.6 Å². The Bertz CT molecular complexity index is 1260. The van der Waals surface area contributed by atoms with Crippen molar-refractivity contribution in [2.45, 2.75) is 136 Å². The second-order valence-corrected chi connectivity index (χ2v) is 39.3. The second-order valence-electron chi connectivity index (χ2n) is 17.3. The molecule has 1 aromatic rings. The number of hydrogen-bond acceptors (Lipinski definition) is 8. The summed E-state index contributed by atoms with van der Waals surface area (Å²) in [6, 6.07) is 6.19. The predicted octanol–water partition coefficient (Wildman–Crippen LogP) is 10.9. The molecule has 0 heterocycles. The molecule has 44 heavy (non-hydrogen) atoms. The Balaban J connectivity index is 1.53. The minimum Gasteiger partial charge on any atom is -0.405 e. The summed E-state index contributed by atoms with van der Waals surface area (Å²) in [6.45, 7) is 26.5. The standard InChI is InChI=1S/C30H58O8P2Si4/c1-30-21-20-26-25-17-15-24(33-39(31,35-41(2,3)4)36-42(5,6)7)22-23(25)14-16-27(26)28(30)18-19-29(30)34-40(32,37-43(8,9)10)38-44(11,12)13/h15,17,22,26-29H,14,16,18-21H2,1-13H3/t26-,27-,28+,29?,30+/m1/s1. The van der Waals surface area contributed by atoms with E-state index in [4.69, 9.17) is 25.9 Å². The van der Waals surface area contributed by atoms with Crippen molar-refractivity contribution in [3.8, 4) is 5.75 Å². The Hall–Kier alpha value is 0.148. The quantitative estimate of drug-likeness (QED) is 0.156. The maximum atomic E-state index is 14.1. The lowest BCUT2D eigenvalue weighted by molar-refractivity contribution is -0.0203. The monoisotopic (exact) mass is 720 g/mol. The molecule has 0 bridgehead atoms. The SMILES string of the molecule is C[C@]12CC[C@@H]3c4ccc(OP(=O)(O[Si](C)(C)C)O[Si](C)(C)C)cc4CC[C@H]3[C@@H]1CCC2OP(=O)(O[Si](C)(C)C)O[Si](C)(C)C. The minimum absolute atomic E-state index is 0.0714. The van der Waals surface area contributed by atoms with Gasteiger partial charge in [-0.3, -0.25) is 4.52 Å². The van der Waals surface area contributed by atoms with Crippen molar-refractivity contribution in [2.75, 3.05) is 0 Å². The van der Waals surface area contributed by atoms with Crippen molar-refractivity contribution in [2.24, 2.45) is 17.3 Å². The fourth-order valence-electron chi connectivity index (χ4n) is 7.48. The van der Waals surface area contributed by atoms with Gasteiger partial charge < -0.3 is 21.4 Å². The summed E-state index contributed by atoms with van der Waals surface area (Å²) < 4.78 is 64.9. The van der Waals surface area contributed by atoms with Crippen molar-refractivity contribution >= 4 is 48.9 Å². The smallest absolute Gasteiger partial charge is 0.405 e. The van der Waals surface area contributed by atoms with Crippen molar-refractivity contribution in [3.63, 3.8) is 0 Å². The normalized spacial score (nSPS) is 28.3. The fraction of sp³-hybridized carbons (Fsp3) is 0.800. The molecule has 8 nitrogen and oxygen atoms in total. The predicted molar refractivity (Wildman–Crippen MR) is 189 cm³/mol. The van der Waals surface area contributed by atoms with Crippen LogP contribution in [-0.2, 0) is 36.9 Å². The first kappa shape index (κ1) is 37.0. The Labute approximate surface area is 271 Å². The van der Waals surface area contributed by atoms with Gasteiger partial charge in [-0.2, -0.15) is 0 Å². The zero-order valence-corrected chi connectivity index (χ0v) is 35.2. The third-order valence-corrected chi connectivity index (χ3v) is 21.9. The summed E-state index contributed by atoms with van der Waals surface area (Å²) in [5, 5.41) is 0. The maximum Gasteiger partial charge on any atom is 0.510 e. The summed E-state index contributed by atoms with van der Waals surface area (Å²) in [5.74, 6) is 2.03. The first-order chi connectivity index (χ1) is 19.8. The van der Waals surface area contributed by atoms with E-state index < -0.39 is 48.9 Å². The van der Waals surface area contributed by atoms with E-state index in [1.165, 1.54) is 11.1 Å². The Morgan fingerprint density at radius 2 is 1.23 bits per heavy atom. The van der Waals surface area contributed by atoms with E-state index in [1.54, 1.807) is 0 Å². The van der Waals surface area contributed by atoms with Gasteiger partial charge in [0.05, 0.1) is 6.10 Å². The summed E-state index contributed by atoms with van der Waals surface area (Å²) in [6.07, 6.45) is 5.87. The van der Waals surface area contributed by atoms with E-state index in [0.717, 1.165) is 38.5 Å². The molecule has 0 spiro atoms. The molecule has 14 heteroatoms. The topological polar surface area (TPSA) is 89.5 Å². The van der Waals surface area contributed by atoms with E-state index >= 15 is 0 Å². The molecule has 0 aromatic heterocycles. The molecule has 0 N–H and O–H groups in total. The molecular formula is C30H58O8P2Si4. The molecule has 2 fully saturated rings. The lowest BCUT2D eigenvalue weighted by Gasteiger charge is -2.51. The fourth-order valence-corrected chi connectivity index (χ4v) is 20.9. The van der Waals surface area contributed by atoms with Crippen molar-refractivity contribution < 1.29 is 35.0 Å². The van der Waals surface area contributed by atoms with E-state index in [9.17, 15) is 9.13 Å². The van der Waals surface area contributed by atoms with Gasteiger partial charge in [-0.15, -0.1) is 0 Å². The first-order valence-corrected chi connectivity index (χ1v) is 32.9. The second kappa shape index (κ2) is 12.6. The number of hydrogen-bond donors (Lipinski definition) is 0. The van der Waals surface area contributed by atoms with Crippen LogP contribution in [-0.4, -0.2) is 39.4 Å². The van der Waals surface area contributed by atoms with Gasteiger partial charge >= 0.3 is 15.6 Å². The van der Waals surface area contributed by atoms with Crippen LogP contribution in [0.3, 0.4) is 0 Å². The molecule has 252 valence electrons. The molecule has 0 aliphatic heterocycles. The number of aryl methyl sites for hydroxylation is 1. The van der Waals surface area contributed by atoms with Gasteiger partial charge in [0.1, 0.15) is 5.75 Å². The number of benzene rings is 1. The Kier molecular flexibility index (Phi) is 10.5. The lowest BCUT2D eigenvalue weighted by Crippen LogP contribution is -2.45. The van der Waals surface area contributed by atoms with Crippen LogP contribution in [0.25, 0.3) is 0 Å². The third-order valence-electron chi connectivity index (χ3n) is 8.63. The van der Waals surface area contributed by atoms with Crippen LogP contribution >= 0.6 is 15.6 Å². The molecule has 0 amide bonds. The summed E-state index contributed by atoms with van der Waals surface area (Å²) in [5.41, 5.74) is 2.57. The molecule has 1 aromatic carbocycles. The molecule has 2 saturated carbocycles. The van der Waals surface area contributed by atoms with E-state index in [-0.39, 0.29) is 11.5 Å². The first-order valence-electron chi connectivity index (χ1n) is 16.3. The van der Waals surface area contributed by atoms with Gasteiger partial charge in [0.15, 0.2) is 33.3 Å². The number of phosphoric acid groups is 2. The molecule has 0 saturated heterocycles. The zero-order chi connectivity index (χ0) is 33.1. The number of fused-ring (bicyclic) bond motifs is 5. The van der Waals surface area contributed by atoms with Gasteiger partial charge in [0.2, 0.25) is 0 Å². The minimum atomic E-state index is -3.75. The largest absolute Gasteiger partial charge is 0.510 e. The van der Waals surface area contributed by atoms with Crippen LogP contribution in [0.15, 0.2) is 18.2 Å². The van der Waals surface area contributed by atoms with E-state index in [2.05, 4.69) is 19.1 Å². The third kappa shape index (κ3) is 9.40. The van der Waals surface area contributed by atoms with Gasteiger partial charge in [-0.05, 0) is 164 Å². The molecule has 5 atom stereocenters. The highest BCUT2D eigenvalue weighted by atomic mass is 31.2. The maximum absolute atomic E-state index is 14.1. The zero-order valence-electron chi connectivity index (χ0n) is 29.4. The molecule has 4 rings (SSSR count). The molecular weight excluding hydrogens is 663 g/mol. The Morgan fingerprint density at radius 1 is 0.705 bits per heavy atom. The van der Waals surface area contributed by atoms with Crippen molar-refractivity contribution in [1.82, 2.24) is 0 Å². The molecule has 3 aliphatic rings. The average Bonchev–Trinajstić information content (AvgIpc) is 3.08. The molecule has 3 aliphatic carbocycles. The van der Waals surface area contributed by atoms with Gasteiger partial charge in [-0.1, -0.05) is 13.0 Å². The van der Waals surface area contributed by atoms with Crippen LogP contribution in [0.4, 0.5) is 0 Å². The summed E-state index contributed by atoms with van der Waals surface area (Å²) in [7, 11) is -16.2. The molecule has 0 radical (unpaired) electrons. The van der Waals surface area contributed by atoms with Gasteiger partial charge in [0, 0.05) is 0 Å². The Morgan fingerprint density at radius 3 is 1.75 bits per heavy atom. The highest BCUT2D eigenvalue weighted by Crippen LogP contribution is 2.66. The highest BCUT2D eigenvalue weighted by Gasteiger charge is 2.57. The lowest BCUT2D eigenvalue weighted by atomic mass is 9.55. The van der Waals surface area contributed by atoms with Crippen LogP contribution < -0.4 is 4.52 Å². The summed E-state index contributed by atoms with van der Waals surface area (Å²) >= 11 is 0. The number of rotatable bonds is 12. The van der Waals surface area contributed by atoms with Crippen molar-refractivity contribution in [3.05, 3.63) is 29.3 Å². The van der Waals surface area contributed by atoms with E-state index in [1.807, 2.05) is 84.6 Å². The van der Waals surface area contributed by atoms with Crippen LogP contribution in [0.1, 0.15) is 56.1 Å². The van der Waals surface area contributed by atoms with Crippen LogP contribution in [0.5, 0.6) is 5.75 Å². The van der Waals surface area contributed by atoms with Crippen LogP contribution in [0, 0.1) is 17.3 Å². The van der Waals surface area contributed by atoms with Gasteiger partial charge in [-0.25, -0.2) is 9.13 Å². The summed E-state index contributed by atoms with van der Waals surface area (Å²) in [4.78, 5) is 0. The highest BCUT2D eigenvalue weighted by molar-refractivity contribution is 7.52. The van der Waals surface area contributed by atoms with Crippen molar-refractivity contribution in [1.29, 1.82) is 0 Å². The average molecular weight is 721 g/mol. The molecule has 1 unspecified atom stereocenters.